The highest BCUT2D eigenvalue weighted by Gasteiger charge is 2.41. The molecule has 4 unspecified atom stereocenters. The highest BCUT2D eigenvalue weighted by Crippen LogP contribution is 2.33. The Kier molecular flexibility index (Phi) is 19.4. The summed E-state index contributed by atoms with van der Waals surface area (Å²) >= 11 is 0. The number of nitrogens with zero attached hydrogens (tertiary/aromatic N) is 2. The predicted octanol–water partition coefficient (Wildman–Crippen LogP) is 5.83. The van der Waals surface area contributed by atoms with Crippen molar-refractivity contribution in [1.29, 1.82) is 0 Å². The number of likely N-dealkylation sites (tertiary alicyclic amines) is 2. The van der Waals surface area contributed by atoms with E-state index in [2.05, 4.69) is 68.0 Å². The van der Waals surface area contributed by atoms with Gasteiger partial charge in [0.15, 0.2) is 0 Å². The van der Waals surface area contributed by atoms with E-state index in [9.17, 15) is 28.8 Å². The predicted molar refractivity (Wildman–Crippen MR) is 282 cm³/mol. The van der Waals surface area contributed by atoms with Gasteiger partial charge in [-0.25, -0.2) is 0 Å². The Morgan fingerprint density at radius 1 is 0.514 bits per heavy atom. The molecule has 6 N–H and O–H groups in total. The lowest BCUT2D eigenvalue weighted by molar-refractivity contribution is -0.142. The molecule has 0 bridgehead atoms. The van der Waals surface area contributed by atoms with Gasteiger partial charge in [0.2, 0.25) is 35.4 Å². The fourth-order valence-electron chi connectivity index (χ4n) is 10.3. The molecule has 2 aliphatic carbocycles. The summed E-state index contributed by atoms with van der Waals surface area (Å²) < 4.78 is 0. The van der Waals surface area contributed by atoms with Crippen molar-refractivity contribution in [2.75, 3.05) is 27.2 Å². The van der Waals surface area contributed by atoms with E-state index in [-0.39, 0.29) is 72.3 Å². The van der Waals surface area contributed by atoms with Crippen LogP contribution in [0.3, 0.4) is 0 Å². The second-order valence-electron chi connectivity index (χ2n) is 19.1. The van der Waals surface area contributed by atoms with Gasteiger partial charge in [-0.2, -0.15) is 0 Å². The van der Waals surface area contributed by atoms with E-state index >= 15 is 0 Å². The van der Waals surface area contributed by atoms with Crippen LogP contribution >= 0.6 is 24.8 Å². The lowest BCUT2D eigenvalue weighted by Gasteiger charge is -2.32. The van der Waals surface area contributed by atoms with Gasteiger partial charge in [0.1, 0.15) is 24.2 Å². The first-order valence-corrected chi connectivity index (χ1v) is 25.0. The summed E-state index contributed by atoms with van der Waals surface area (Å²) in [7, 11) is 3.35. The summed E-state index contributed by atoms with van der Waals surface area (Å²) in [6.45, 7) is 4.24. The monoisotopic (exact) mass is 1020 g/mol. The average molecular weight is 1020 g/mol. The van der Waals surface area contributed by atoms with Crippen LogP contribution in [0.4, 0.5) is 0 Å². The Hall–Kier alpha value is -6.24. The minimum absolute atomic E-state index is 0. The Morgan fingerprint density at radius 2 is 0.889 bits per heavy atom. The Labute approximate surface area is 435 Å². The minimum Gasteiger partial charge on any atom is -0.347 e. The van der Waals surface area contributed by atoms with Crippen LogP contribution < -0.4 is 31.9 Å². The number of hydrogen-bond acceptors (Lipinski definition) is 8. The number of fused-ring (bicyclic) bond motifs is 2. The quantitative estimate of drug-likeness (QED) is 0.0855. The number of carbonyl (C=O) groups is 6. The van der Waals surface area contributed by atoms with Gasteiger partial charge in [-0.1, -0.05) is 84.6 Å². The SMILES string of the molecule is CN[C@@H](C)C(=O)NC(C(=O)N1CCC[C@H]1C(=O)NC1CCCc2ccccc21)c1ccc(C#Cc2ccc(C(NC(=O)[C@H](C)NC)C(=O)N3CCC[C@H]3C(=O)NC3CCCc4ccccc43)cc2)cc1.Cl.Cl. The van der Waals surface area contributed by atoms with E-state index in [1.807, 2.05) is 24.3 Å². The van der Waals surface area contributed by atoms with E-state index in [0.29, 0.717) is 61.0 Å². The van der Waals surface area contributed by atoms with Gasteiger partial charge in [-0.3, -0.25) is 28.8 Å². The van der Waals surface area contributed by atoms with Crippen molar-refractivity contribution >= 4 is 60.3 Å². The number of nitrogens with one attached hydrogen (secondary N) is 6. The van der Waals surface area contributed by atoms with Gasteiger partial charge in [-0.05, 0) is 150 Å². The maximum Gasteiger partial charge on any atom is 0.250 e. The van der Waals surface area contributed by atoms with Gasteiger partial charge in [-0.15, -0.1) is 24.8 Å². The second-order valence-corrected chi connectivity index (χ2v) is 19.1. The zero-order valence-corrected chi connectivity index (χ0v) is 43.1. The van der Waals surface area contributed by atoms with Gasteiger partial charge in [0.05, 0.1) is 24.2 Å². The van der Waals surface area contributed by atoms with Crippen molar-refractivity contribution in [1.82, 2.24) is 41.7 Å². The summed E-state index contributed by atoms with van der Waals surface area (Å²) in [5.41, 5.74) is 7.18. The molecule has 2 aliphatic heterocycles. The van der Waals surface area contributed by atoms with Crippen molar-refractivity contribution in [3.63, 3.8) is 0 Å². The molecule has 6 amide bonds. The molecule has 2 heterocycles. The van der Waals surface area contributed by atoms with Crippen molar-refractivity contribution in [2.45, 2.75) is 126 Å². The normalized spacial score (nSPS) is 20.5. The second kappa shape index (κ2) is 25.4. The molecule has 2 saturated heterocycles. The molecule has 2 fully saturated rings. The highest BCUT2D eigenvalue weighted by atomic mass is 35.5. The molecule has 16 heteroatoms. The number of likely N-dealkylation sites (N-methyl/N-ethyl adjacent to an activating group) is 2. The fourth-order valence-corrected chi connectivity index (χ4v) is 10.3. The maximum absolute atomic E-state index is 14.5. The number of aryl methyl sites for hydroxylation is 2. The molecule has 382 valence electrons. The van der Waals surface area contributed by atoms with E-state index in [1.54, 1.807) is 86.3 Å². The standard InChI is InChI=1S/C56H66N8O6.2ClH/c1-35(57-3)51(65)61-49(55(69)63-33-11-21-47(63)53(67)59-45-19-9-15-39-13-5-7-17-43(39)45)41-29-25-37(26-30-41)23-24-38-27-31-42(32-28-38)50(62-52(66)36(2)58-4)56(70)64-34-12-22-48(64)54(68)60-46-20-10-16-40-14-6-8-18-44(40)46;;/h5-8,13-14,17-18,25-32,35-36,45-50,57-58H,9-12,15-16,19-22,33-34H2,1-4H3,(H,59,67)(H,60,68)(H,61,65)(H,62,66);2*1H/t35-,36-,45?,46?,47-,48-,49?,50?;;/m0../s1. The molecule has 8 atom stereocenters. The zero-order valence-electron chi connectivity index (χ0n) is 41.5. The van der Waals surface area contributed by atoms with Crippen LogP contribution in [0.1, 0.15) is 134 Å². The Morgan fingerprint density at radius 3 is 1.26 bits per heavy atom. The third-order valence-corrected chi connectivity index (χ3v) is 14.6. The summed E-state index contributed by atoms with van der Waals surface area (Å²) in [4.78, 5) is 86.5. The molecule has 8 rings (SSSR count). The van der Waals surface area contributed by atoms with Crippen LogP contribution in [0.15, 0.2) is 97.1 Å². The van der Waals surface area contributed by atoms with E-state index in [0.717, 1.165) is 49.7 Å². The maximum atomic E-state index is 14.5. The third-order valence-electron chi connectivity index (χ3n) is 14.6. The van der Waals surface area contributed by atoms with E-state index < -0.39 is 36.3 Å². The van der Waals surface area contributed by atoms with Gasteiger partial charge in [0, 0.05) is 24.2 Å². The van der Waals surface area contributed by atoms with Gasteiger partial charge >= 0.3 is 0 Å². The number of hydrogen-bond donors (Lipinski definition) is 6. The molecule has 4 aliphatic rings. The smallest absolute Gasteiger partial charge is 0.250 e. The molecule has 4 aromatic rings. The zero-order chi connectivity index (χ0) is 49.3. The molecule has 0 spiro atoms. The van der Waals surface area contributed by atoms with Gasteiger partial charge < -0.3 is 41.7 Å². The van der Waals surface area contributed by atoms with Crippen LogP contribution in [0.25, 0.3) is 0 Å². The summed E-state index contributed by atoms with van der Waals surface area (Å²) in [6, 6.07) is 25.9. The minimum atomic E-state index is -1.03. The highest BCUT2D eigenvalue weighted by molar-refractivity contribution is 5.95. The molecule has 0 radical (unpaired) electrons. The first-order chi connectivity index (χ1) is 33.9. The number of benzene rings is 4. The number of carbonyl (C=O) groups excluding carboxylic acids is 6. The Balaban J connectivity index is 0.00000423. The number of halogens is 2. The molecule has 72 heavy (non-hydrogen) atoms. The van der Waals surface area contributed by atoms with Crippen LogP contribution in [-0.2, 0) is 41.6 Å². The molecular formula is C56H68Cl2N8O6. The van der Waals surface area contributed by atoms with Crippen molar-refractivity contribution < 1.29 is 28.8 Å². The summed E-state index contributed by atoms with van der Waals surface area (Å²) in [5.74, 6) is 4.61. The lowest BCUT2D eigenvalue weighted by atomic mass is 9.87. The fraction of sp³-hybridized carbons (Fsp3) is 0.429. The van der Waals surface area contributed by atoms with Crippen LogP contribution in [0.5, 0.6) is 0 Å². The van der Waals surface area contributed by atoms with Crippen LogP contribution in [-0.4, -0.2) is 96.6 Å². The molecule has 0 aromatic heterocycles. The van der Waals surface area contributed by atoms with Crippen molar-refractivity contribution in [2.24, 2.45) is 0 Å². The van der Waals surface area contributed by atoms with Crippen molar-refractivity contribution in [3.05, 3.63) is 142 Å². The van der Waals surface area contributed by atoms with Crippen LogP contribution in [0, 0.1) is 11.8 Å². The topological polar surface area (TPSA) is 181 Å². The third kappa shape index (κ3) is 12.7. The first-order valence-electron chi connectivity index (χ1n) is 25.0. The van der Waals surface area contributed by atoms with E-state index in [1.165, 1.54) is 11.1 Å². The van der Waals surface area contributed by atoms with E-state index in [4.69, 9.17) is 0 Å². The number of amides is 6. The van der Waals surface area contributed by atoms with Crippen molar-refractivity contribution in [3.8, 4) is 11.8 Å². The summed E-state index contributed by atoms with van der Waals surface area (Å²) in [5, 5.41) is 18.3. The van der Waals surface area contributed by atoms with Gasteiger partial charge in [0.25, 0.3) is 0 Å². The van der Waals surface area contributed by atoms with Crippen LogP contribution in [0.2, 0.25) is 0 Å². The average Bonchev–Trinajstić information content (AvgIpc) is 4.10. The largest absolute Gasteiger partial charge is 0.347 e. The summed E-state index contributed by atoms with van der Waals surface area (Å²) in [6.07, 6.45) is 7.97. The molecule has 0 saturated carbocycles. The number of rotatable bonds is 14. The molecule has 4 aromatic carbocycles. The Bertz CT molecular complexity index is 2460. The molecular weight excluding hydrogens is 952 g/mol. The first kappa shape index (κ1) is 55.1. The molecule has 14 nitrogen and oxygen atoms in total. The lowest BCUT2D eigenvalue weighted by Crippen LogP contribution is -2.52.